The number of esters is 2. The molecule has 29 heavy (non-hydrogen) atoms. The summed E-state index contributed by atoms with van der Waals surface area (Å²) in [5.74, 6) is -3.13. The lowest BCUT2D eigenvalue weighted by molar-refractivity contribution is -0.222. The van der Waals surface area contributed by atoms with Crippen LogP contribution in [0, 0.1) is 0 Å². The molecule has 148 valence electrons. The molecule has 1 aromatic heterocycles. The average molecular weight is 411 g/mol. The summed E-state index contributed by atoms with van der Waals surface area (Å²) in [6.45, 7) is 2.88. The molecule has 0 amide bonds. The Morgan fingerprint density at radius 1 is 0.897 bits per heavy atom. The topological polar surface area (TPSA) is 91.7 Å². The summed E-state index contributed by atoms with van der Waals surface area (Å²) in [5.41, 5.74) is 0.177. The Hall–Kier alpha value is -3.39. The van der Waals surface area contributed by atoms with Crippen molar-refractivity contribution in [3.63, 3.8) is 0 Å². The minimum absolute atomic E-state index is 0.0796. The number of carbonyl (C=O) groups is 2. The van der Waals surface area contributed by atoms with Crippen molar-refractivity contribution in [1.82, 2.24) is 3.97 Å². The zero-order valence-electron chi connectivity index (χ0n) is 15.7. The van der Waals surface area contributed by atoms with E-state index < -0.39 is 27.7 Å². The quantitative estimate of drug-likeness (QED) is 0.374. The van der Waals surface area contributed by atoms with Crippen LogP contribution in [-0.2, 0) is 29.1 Å². The SMILES string of the molecule is CC1(C)OC(=O)C(=Cc2cc3ccccc3n2S(=O)(=O)c2ccccc2)C(=O)O1. The Labute approximate surface area is 167 Å². The van der Waals surface area contributed by atoms with E-state index in [0.717, 1.165) is 3.97 Å². The molecule has 1 aliphatic heterocycles. The fourth-order valence-electron chi connectivity index (χ4n) is 3.14. The lowest BCUT2D eigenvalue weighted by Crippen LogP contribution is -2.41. The molecule has 0 atom stereocenters. The molecule has 1 saturated heterocycles. The molecule has 8 heteroatoms. The third-order valence-electron chi connectivity index (χ3n) is 4.38. The number of hydrogen-bond donors (Lipinski definition) is 0. The summed E-state index contributed by atoms with van der Waals surface area (Å²) >= 11 is 0. The number of nitrogens with zero attached hydrogens (tertiary/aromatic N) is 1. The first-order valence-corrected chi connectivity index (χ1v) is 10.2. The summed E-state index contributed by atoms with van der Waals surface area (Å²) in [5, 5.41) is 0.636. The van der Waals surface area contributed by atoms with E-state index in [1.54, 1.807) is 48.5 Å². The minimum atomic E-state index is -3.99. The molecule has 2 aromatic carbocycles. The molecule has 0 saturated carbocycles. The molecule has 2 heterocycles. The predicted molar refractivity (Wildman–Crippen MR) is 105 cm³/mol. The number of cyclic esters (lactones) is 2. The van der Waals surface area contributed by atoms with Gasteiger partial charge in [-0.3, -0.25) is 0 Å². The number of benzene rings is 2. The van der Waals surface area contributed by atoms with Crippen LogP contribution in [0.2, 0.25) is 0 Å². The van der Waals surface area contributed by atoms with Crippen LogP contribution in [-0.4, -0.2) is 30.1 Å². The van der Waals surface area contributed by atoms with Crippen molar-refractivity contribution >= 4 is 38.9 Å². The second-order valence-electron chi connectivity index (χ2n) is 6.95. The summed E-state index contributed by atoms with van der Waals surface area (Å²) in [4.78, 5) is 24.7. The second kappa shape index (κ2) is 6.59. The van der Waals surface area contributed by atoms with E-state index in [2.05, 4.69) is 0 Å². The maximum atomic E-state index is 13.3. The average Bonchev–Trinajstić information content (AvgIpc) is 3.03. The van der Waals surface area contributed by atoms with Crippen LogP contribution < -0.4 is 0 Å². The molecular formula is C21H17NO6S. The lowest BCUT2D eigenvalue weighted by atomic mass is 10.2. The molecular weight excluding hydrogens is 394 g/mol. The molecule has 1 aliphatic rings. The van der Waals surface area contributed by atoms with Gasteiger partial charge < -0.3 is 9.47 Å². The van der Waals surface area contributed by atoms with Crippen molar-refractivity contribution in [1.29, 1.82) is 0 Å². The maximum Gasteiger partial charge on any atom is 0.348 e. The standard InChI is InChI=1S/C21H17NO6S/c1-21(2)27-19(23)17(20(24)28-21)13-15-12-14-8-6-7-11-18(14)22(15)29(25,26)16-9-4-3-5-10-16/h3-13H,1-2H3. The molecule has 3 aromatic rings. The van der Waals surface area contributed by atoms with E-state index in [0.29, 0.717) is 10.9 Å². The lowest BCUT2D eigenvalue weighted by Gasteiger charge is -2.29. The van der Waals surface area contributed by atoms with Crippen molar-refractivity contribution in [2.24, 2.45) is 0 Å². The number of fused-ring (bicyclic) bond motifs is 1. The Balaban J connectivity index is 1.94. The van der Waals surface area contributed by atoms with Crippen molar-refractivity contribution in [3.05, 3.63) is 71.9 Å². The van der Waals surface area contributed by atoms with Gasteiger partial charge in [0, 0.05) is 19.2 Å². The third kappa shape index (κ3) is 3.31. The first-order chi connectivity index (χ1) is 13.7. The second-order valence-corrected chi connectivity index (χ2v) is 8.73. The minimum Gasteiger partial charge on any atom is -0.419 e. The Morgan fingerprint density at radius 2 is 1.48 bits per heavy atom. The highest BCUT2D eigenvalue weighted by molar-refractivity contribution is 7.90. The first kappa shape index (κ1) is 18.9. The van der Waals surface area contributed by atoms with Gasteiger partial charge in [-0.05, 0) is 30.3 Å². The maximum absolute atomic E-state index is 13.3. The van der Waals surface area contributed by atoms with Crippen LogP contribution in [0.4, 0.5) is 0 Å². The number of carbonyl (C=O) groups excluding carboxylic acids is 2. The predicted octanol–water partition coefficient (Wildman–Crippen LogP) is 3.10. The van der Waals surface area contributed by atoms with E-state index in [-0.39, 0.29) is 16.2 Å². The van der Waals surface area contributed by atoms with Crippen molar-refractivity contribution in [2.75, 3.05) is 0 Å². The summed E-state index contributed by atoms with van der Waals surface area (Å²) in [6.07, 6.45) is 1.18. The molecule has 0 bridgehead atoms. The normalized spacial score (nSPS) is 16.4. The van der Waals surface area contributed by atoms with Gasteiger partial charge in [0.15, 0.2) is 0 Å². The van der Waals surface area contributed by atoms with Crippen LogP contribution in [0.15, 0.2) is 71.1 Å². The van der Waals surface area contributed by atoms with E-state index in [1.165, 1.54) is 32.1 Å². The summed E-state index contributed by atoms with van der Waals surface area (Å²) in [6, 6.07) is 16.4. The van der Waals surface area contributed by atoms with Crippen LogP contribution in [0.3, 0.4) is 0 Å². The van der Waals surface area contributed by atoms with Gasteiger partial charge in [-0.15, -0.1) is 0 Å². The van der Waals surface area contributed by atoms with Gasteiger partial charge in [-0.2, -0.15) is 0 Å². The fraction of sp³-hybridized carbons (Fsp3) is 0.143. The first-order valence-electron chi connectivity index (χ1n) is 8.78. The molecule has 0 radical (unpaired) electrons. The molecule has 7 nitrogen and oxygen atoms in total. The van der Waals surface area contributed by atoms with Crippen LogP contribution in [0.1, 0.15) is 19.5 Å². The highest BCUT2D eigenvalue weighted by atomic mass is 32.2. The van der Waals surface area contributed by atoms with Crippen molar-refractivity contribution in [3.8, 4) is 0 Å². The third-order valence-corrected chi connectivity index (χ3v) is 6.14. The van der Waals surface area contributed by atoms with Gasteiger partial charge in [-0.25, -0.2) is 22.0 Å². The van der Waals surface area contributed by atoms with Gasteiger partial charge in [0.2, 0.25) is 0 Å². The number of rotatable bonds is 3. The van der Waals surface area contributed by atoms with Crippen molar-refractivity contribution < 1.29 is 27.5 Å². The molecule has 0 aliphatic carbocycles. The zero-order chi connectivity index (χ0) is 20.8. The van der Waals surface area contributed by atoms with Gasteiger partial charge in [0.1, 0.15) is 5.57 Å². The fourth-order valence-corrected chi connectivity index (χ4v) is 4.66. The summed E-state index contributed by atoms with van der Waals surface area (Å²) in [7, 11) is -3.99. The number of ether oxygens (including phenoxy) is 2. The van der Waals surface area contributed by atoms with Gasteiger partial charge in [-0.1, -0.05) is 36.4 Å². The molecule has 0 unspecified atom stereocenters. The van der Waals surface area contributed by atoms with Gasteiger partial charge in [0.05, 0.1) is 16.1 Å². The van der Waals surface area contributed by atoms with E-state index in [9.17, 15) is 18.0 Å². The monoisotopic (exact) mass is 411 g/mol. The molecule has 1 fully saturated rings. The van der Waals surface area contributed by atoms with Crippen LogP contribution in [0.5, 0.6) is 0 Å². The Morgan fingerprint density at radius 3 is 2.14 bits per heavy atom. The van der Waals surface area contributed by atoms with Gasteiger partial charge >= 0.3 is 11.9 Å². The highest BCUT2D eigenvalue weighted by Crippen LogP contribution is 2.29. The summed E-state index contributed by atoms with van der Waals surface area (Å²) < 4.78 is 38.0. The molecule has 4 rings (SSSR count). The smallest absolute Gasteiger partial charge is 0.348 e. The zero-order valence-corrected chi connectivity index (χ0v) is 16.5. The molecule has 0 spiro atoms. The van der Waals surface area contributed by atoms with E-state index in [1.807, 2.05) is 0 Å². The van der Waals surface area contributed by atoms with E-state index in [4.69, 9.17) is 9.47 Å². The Bertz CT molecular complexity index is 1250. The van der Waals surface area contributed by atoms with Crippen LogP contribution in [0.25, 0.3) is 17.0 Å². The van der Waals surface area contributed by atoms with E-state index >= 15 is 0 Å². The Kier molecular flexibility index (Phi) is 4.31. The number of para-hydroxylation sites is 1. The number of hydrogen-bond acceptors (Lipinski definition) is 6. The van der Waals surface area contributed by atoms with Gasteiger partial charge in [0.25, 0.3) is 15.8 Å². The van der Waals surface area contributed by atoms with Crippen LogP contribution >= 0.6 is 0 Å². The van der Waals surface area contributed by atoms with Crippen molar-refractivity contribution in [2.45, 2.75) is 24.5 Å². The molecule has 0 N–H and O–H groups in total. The highest BCUT2D eigenvalue weighted by Gasteiger charge is 2.39. The number of aromatic nitrogens is 1. The largest absolute Gasteiger partial charge is 0.419 e.